The number of nitriles is 1. The van der Waals surface area contributed by atoms with E-state index in [1.54, 1.807) is 6.20 Å². The van der Waals surface area contributed by atoms with Gasteiger partial charge in [-0.1, -0.05) is 27.5 Å². The Kier molecular flexibility index (Phi) is 4.72. The molecule has 0 saturated heterocycles. The molecule has 2 rings (SSSR count). The maximum atomic E-state index is 8.90. The van der Waals surface area contributed by atoms with Crippen LogP contribution in [0.5, 0.6) is 0 Å². The number of hydrogen-bond acceptors (Lipinski definition) is 4. The van der Waals surface area contributed by atoms with Crippen LogP contribution in [0.15, 0.2) is 35.1 Å². The van der Waals surface area contributed by atoms with Gasteiger partial charge in [-0.2, -0.15) is 5.26 Å². The molecule has 0 aliphatic heterocycles. The number of anilines is 1. The minimum absolute atomic E-state index is 0.299. The van der Waals surface area contributed by atoms with Crippen LogP contribution in [0.3, 0.4) is 0 Å². The summed E-state index contributed by atoms with van der Waals surface area (Å²) in [6, 6.07) is 7.66. The highest BCUT2D eigenvalue weighted by molar-refractivity contribution is 9.10. The van der Waals surface area contributed by atoms with E-state index in [4.69, 9.17) is 16.9 Å². The maximum Gasteiger partial charge on any atom is 0.182 e. The van der Waals surface area contributed by atoms with E-state index in [1.807, 2.05) is 24.3 Å². The highest BCUT2D eigenvalue weighted by Gasteiger charge is 2.04. The van der Waals surface area contributed by atoms with Gasteiger partial charge in [-0.25, -0.2) is 9.97 Å². The summed E-state index contributed by atoms with van der Waals surface area (Å²) in [7, 11) is 0. The number of halogens is 2. The van der Waals surface area contributed by atoms with Crippen molar-refractivity contribution in [1.82, 2.24) is 9.97 Å². The third-order valence-electron chi connectivity index (χ3n) is 2.50. The highest BCUT2D eigenvalue weighted by Crippen LogP contribution is 2.21. The molecule has 0 amide bonds. The van der Waals surface area contributed by atoms with Crippen molar-refractivity contribution in [3.8, 4) is 6.07 Å². The summed E-state index contributed by atoms with van der Waals surface area (Å²) < 4.78 is 1.01. The first-order valence-corrected chi connectivity index (χ1v) is 6.76. The second-order valence-electron chi connectivity index (χ2n) is 3.78. The Morgan fingerprint density at radius 1 is 1.32 bits per heavy atom. The van der Waals surface area contributed by atoms with E-state index in [0.29, 0.717) is 23.1 Å². The fourth-order valence-corrected chi connectivity index (χ4v) is 2.24. The van der Waals surface area contributed by atoms with Gasteiger partial charge in [-0.05, 0) is 30.2 Å². The minimum Gasteiger partial charge on any atom is -0.367 e. The summed E-state index contributed by atoms with van der Waals surface area (Å²) in [5, 5.41) is 12.7. The van der Waals surface area contributed by atoms with Crippen LogP contribution in [0, 0.1) is 11.3 Å². The molecule has 0 fully saturated rings. The Morgan fingerprint density at radius 3 is 2.89 bits per heavy atom. The van der Waals surface area contributed by atoms with Gasteiger partial charge in [-0.15, -0.1) is 0 Å². The van der Waals surface area contributed by atoms with E-state index in [9.17, 15) is 0 Å². The second kappa shape index (κ2) is 6.50. The SMILES string of the molecule is N#Cc1nccnc1NCCc1cc(Cl)ccc1Br. The monoisotopic (exact) mass is 336 g/mol. The van der Waals surface area contributed by atoms with Crippen molar-refractivity contribution < 1.29 is 0 Å². The molecule has 0 aliphatic rings. The summed E-state index contributed by atoms with van der Waals surface area (Å²) in [5.41, 5.74) is 1.40. The zero-order valence-corrected chi connectivity index (χ0v) is 12.2. The lowest BCUT2D eigenvalue weighted by Gasteiger charge is -2.08. The van der Waals surface area contributed by atoms with Gasteiger partial charge in [0.1, 0.15) is 6.07 Å². The average molecular weight is 338 g/mol. The maximum absolute atomic E-state index is 8.90. The smallest absolute Gasteiger partial charge is 0.182 e. The van der Waals surface area contributed by atoms with E-state index in [-0.39, 0.29) is 0 Å². The Labute approximate surface area is 124 Å². The Bertz CT molecular complexity index is 624. The molecule has 1 aromatic heterocycles. The standard InChI is InChI=1S/C13H10BrClN4/c14-11-2-1-10(15)7-9(11)3-4-18-13-12(8-16)17-5-6-19-13/h1-2,5-7H,3-4H2,(H,18,19). The van der Waals surface area contributed by atoms with Crippen LogP contribution in [0.4, 0.5) is 5.82 Å². The normalized spacial score (nSPS) is 9.95. The number of nitrogens with one attached hydrogen (secondary N) is 1. The lowest BCUT2D eigenvalue weighted by atomic mass is 10.1. The van der Waals surface area contributed by atoms with E-state index < -0.39 is 0 Å². The number of rotatable bonds is 4. The Hall–Kier alpha value is -1.64. The van der Waals surface area contributed by atoms with Gasteiger partial charge in [0.25, 0.3) is 0 Å². The summed E-state index contributed by atoms with van der Waals surface area (Å²) in [6.45, 7) is 0.645. The molecule has 1 heterocycles. The molecule has 0 atom stereocenters. The van der Waals surface area contributed by atoms with Crippen LogP contribution < -0.4 is 5.32 Å². The van der Waals surface area contributed by atoms with Gasteiger partial charge in [0.2, 0.25) is 0 Å². The van der Waals surface area contributed by atoms with Crippen LogP contribution in [0.25, 0.3) is 0 Å². The second-order valence-corrected chi connectivity index (χ2v) is 5.07. The van der Waals surface area contributed by atoms with Gasteiger partial charge >= 0.3 is 0 Å². The van der Waals surface area contributed by atoms with Crippen molar-refractivity contribution in [3.05, 3.63) is 51.3 Å². The molecule has 0 aliphatic carbocycles. The van der Waals surface area contributed by atoms with Crippen LogP contribution in [0.1, 0.15) is 11.3 Å². The molecular weight excluding hydrogens is 328 g/mol. The minimum atomic E-state index is 0.299. The number of benzene rings is 1. The molecule has 6 heteroatoms. The molecule has 0 radical (unpaired) electrons. The largest absolute Gasteiger partial charge is 0.367 e. The average Bonchev–Trinajstić information content (AvgIpc) is 2.43. The number of nitrogens with zero attached hydrogens (tertiary/aromatic N) is 3. The number of aromatic nitrogens is 2. The zero-order valence-electron chi connectivity index (χ0n) is 9.90. The first-order chi connectivity index (χ1) is 9.20. The molecular formula is C13H10BrClN4. The van der Waals surface area contributed by atoms with Crippen molar-refractivity contribution in [2.75, 3.05) is 11.9 Å². The fourth-order valence-electron chi connectivity index (χ4n) is 1.60. The van der Waals surface area contributed by atoms with Crippen molar-refractivity contribution in [1.29, 1.82) is 5.26 Å². The predicted octanol–water partition coefficient (Wildman–Crippen LogP) is 3.42. The molecule has 1 aromatic carbocycles. The lowest BCUT2D eigenvalue weighted by molar-refractivity contribution is 0.990. The van der Waals surface area contributed by atoms with Gasteiger partial charge in [0.15, 0.2) is 11.5 Å². The third-order valence-corrected chi connectivity index (χ3v) is 3.51. The van der Waals surface area contributed by atoms with Crippen molar-refractivity contribution in [2.24, 2.45) is 0 Å². The fraction of sp³-hybridized carbons (Fsp3) is 0.154. The Balaban J connectivity index is 2.01. The molecule has 0 saturated carbocycles. The van der Waals surface area contributed by atoms with Crippen molar-refractivity contribution in [2.45, 2.75) is 6.42 Å². The predicted molar refractivity (Wildman–Crippen MR) is 78.1 cm³/mol. The van der Waals surface area contributed by atoms with Gasteiger partial charge in [-0.3, -0.25) is 0 Å². The summed E-state index contributed by atoms with van der Waals surface area (Å²) in [5.74, 6) is 0.503. The molecule has 96 valence electrons. The summed E-state index contributed by atoms with van der Waals surface area (Å²) in [4.78, 5) is 8.02. The first kappa shape index (κ1) is 13.8. The van der Waals surface area contributed by atoms with Gasteiger partial charge < -0.3 is 5.32 Å². The topological polar surface area (TPSA) is 61.6 Å². The first-order valence-electron chi connectivity index (χ1n) is 5.59. The van der Waals surface area contributed by atoms with Crippen molar-refractivity contribution in [3.63, 3.8) is 0 Å². The van der Waals surface area contributed by atoms with E-state index in [1.165, 1.54) is 6.20 Å². The highest BCUT2D eigenvalue weighted by atomic mass is 79.9. The van der Waals surface area contributed by atoms with E-state index >= 15 is 0 Å². The molecule has 0 spiro atoms. The van der Waals surface area contributed by atoms with E-state index in [0.717, 1.165) is 16.5 Å². The Morgan fingerprint density at radius 2 is 2.11 bits per heavy atom. The van der Waals surface area contributed by atoms with Crippen LogP contribution >= 0.6 is 27.5 Å². The van der Waals surface area contributed by atoms with Crippen LogP contribution in [0.2, 0.25) is 5.02 Å². The van der Waals surface area contributed by atoms with Crippen LogP contribution in [-0.2, 0) is 6.42 Å². The summed E-state index contributed by atoms with van der Waals surface area (Å²) in [6.07, 6.45) is 3.82. The summed E-state index contributed by atoms with van der Waals surface area (Å²) >= 11 is 9.43. The molecule has 0 bridgehead atoms. The number of hydrogen-bond donors (Lipinski definition) is 1. The zero-order chi connectivity index (χ0) is 13.7. The van der Waals surface area contributed by atoms with E-state index in [2.05, 4.69) is 31.2 Å². The molecule has 2 aromatic rings. The van der Waals surface area contributed by atoms with Gasteiger partial charge in [0, 0.05) is 28.4 Å². The molecule has 19 heavy (non-hydrogen) atoms. The van der Waals surface area contributed by atoms with Crippen molar-refractivity contribution >= 4 is 33.3 Å². The van der Waals surface area contributed by atoms with Gasteiger partial charge in [0.05, 0.1) is 0 Å². The third kappa shape index (κ3) is 3.66. The van der Waals surface area contributed by atoms with Crippen LogP contribution in [-0.4, -0.2) is 16.5 Å². The lowest BCUT2D eigenvalue weighted by Crippen LogP contribution is -2.08. The quantitative estimate of drug-likeness (QED) is 0.928. The molecule has 4 nitrogen and oxygen atoms in total. The molecule has 1 N–H and O–H groups in total. The molecule has 0 unspecified atom stereocenters.